The van der Waals surface area contributed by atoms with Crippen LogP contribution in [-0.2, 0) is 9.53 Å². The highest BCUT2D eigenvalue weighted by Crippen LogP contribution is 2.21. The monoisotopic (exact) mass is 310 g/mol. The third-order valence-electron chi connectivity index (χ3n) is 3.98. The Morgan fingerprint density at radius 3 is 2.55 bits per heavy atom. The molecule has 0 aromatic heterocycles. The average molecular weight is 310 g/mol. The number of ether oxygens (including phenoxy) is 1. The van der Waals surface area contributed by atoms with Crippen LogP contribution in [0.25, 0.3) is 0 Å². The Hall–Kier alpha value is -1.43. The molecule has 1 rings (SSSR count). The van der Waals surface area contributed by atoms with Crippen molar-refractivity contribution in [1.29, 1.82) is 0 Å². The van der Waals surface area contributed by atoms with Crippen LogP contribution in [-0.4, -0.2) is 45.2 Å². The first-order valence-corrected chi connectivity index (χ1v) is 7.49. The summed E-state index contributed by atoms with van der Waals surface area (Å²) in [6.07, 6.45) is 3.98. The predicted octanol–water partition coefficient (Wildman–Crippen LogP) is 1.49. The van der Waals surface area contributed by atoms with E-state index in [1.54, 1.807) is 6.92 Å². The maximum atomic E-state index is 11.7. The van der Waals surface area contributed by atoms with Crippen molar-refractivity contribution in [3.05, 3.63) is 36.5 Å². The van der Waals surface area contributed by atoms with Gasteiger partial charge in [-0.05, 0) is 44.3 Å². The lowest BCUT2D eigenvalue weighted by Crippen LogP contribution is -2.26. The van der Waals surface area contributed by atoms with Crippen molar-refractivity contribution < 1.29 is 24.9 Å². The molecule has 3 N–H and O–H groups in total. The van der Waals surface area contributed by atoms with Gasteiger partial charge in [-0.25, -0.2) is 4.79 Å². The van der Waals surface area contributed by atoms with Crippen molar-refractivity contribution >= 4 is 5.97 Å². The number of aliphatic hydroxyl groups excluding tert-OH is 2. The van der Waals surface area contributed by atoms with Crippen LogP contribution < -0.4 is 0 Å². The fourth-order valence-corrected chi connectivity index (χ4v) is 2.08. The minimum Gasteiger partial charge on any atom is -0.459 e. The number of rotatable bonds is 0. The number of hydrogen-bond acceptors (Lipinski definition) is 5. The van der Waals surface area contributed by atoms with Crippen molar-refractivity contribution in [3.63, 3.8) is 0 Å². The number of aliphatic hydroxyl groups is 3. The lowest BCUT2D eigenvalue weighted by Gasteiger charge is -2.24. The molecule has 5 heteroatoms. The number of cyclic esters (lactones) is 1. The molecule has 124 valence electrons. The highest BCUT2D eigenvalue weighted by Gasteiger charge is 2.22. The van der Waals surface area contributed by atoms with Crippen molar-refractivity contribution in [3.8, 4) is 0 Å². The normalized spacial score (nSPS) is 41.4. The van der Waals surface area contributed by atoms with Crippen LogP contribution in [0.4, 0.5) is 0 Å². The second-order valence-electron chi connectivity index (χ2n) is 6.15. The van der Waals surface area contributed by atoms with Gasteiger partial charge in [0, 0.05) is 6.08 Å². The Bertz CT molecular complexity index is 464. The molecule has 0 radical (unpaired) electrons. The Labute approximate surface area is 131 Å². The van der Waals surface area contributed by atoms with E-state index in [4.69, 9.17) is 4.74 Å². The van der Waals surface area contributed by atoms with Crippen molar-refractivity contribution in [2.24, 2.45) is 5.92 Å². The minimum absolute atomic E-state index is 0.0518. The topological polar surface area (TPSA) is 87.0 Å². The largest absolute Gasteiger partial charge is 0.459 e. The molecule has 22 heavy (non-hydrogen) atoms. The van der Waals surface area contributed by atoms with Crippen LogP contribution in [0.2, 0.25) is 0 Å². The lowest BCUT2D eigenvalue weighted by molar-refractivity contribution is -0.144. The van der Waals surface area contributed by atoms with Crippen LogP contribution in [0.5, 0.6) is 0 Å². The van der Waals surface area contributed by atoms with Crippen LogP contribution >= 0.6 is 0 Å². The number of carbonyl (C=O) groups excluding carboxylic acids is 1. The van der Waals surface area contributed by atoms with Gasteiger partial charge in [-0.1, -0.05) is 25.7 Å². The summed E-state index contributed by atoms with van der Waals surface area (Å²) < 4.78 is 5.27. The molecular weight excluding hydrogens is 284 g/mol. The van der Waals surface area contributed by atoms with Gasteiger partial charge in [0.1, 0.15) is 6.10 Å². The minimum atomic E-state index is -1.41. The summed E-state index contributed by atoms with van der Waals surface area (Å²) in [5.41, 5.74) is -1.13. The van der Waals surface area contributed by atoms with Gasteiger partial charge >= 0.3 is 5.97 Å². The van der Waals surface area contributed by atoms with E-state index in [1.165, 1.54) is 31.2 Å². The maximum absolute atomic E-state index is 11.7. The molecule has 0 saturated carbocycles. The second-order valence-corrected chi connectivity index (χ2v) is 6.15. The van der Waals surface area contributed by atoms with Gasteiger partial charge in [0.25, 0.3) is 0 Å². The van der Waals surface area contributed by atoms with Gasteiger partial charge in [0.05, 0.1) is 17.8 Å². The average Bonchev–Trinajstić information content (AvgIpc) is 2.46. The van der Waals surface area contributed by atoms with Crippen LogP contribution in [0, 0.1) is 5.92 Å². The molecule has 1 aliphatic rings. The lowest BCUT2D eigenvalue weighted by atomic mass is 9.93. The summed E-state index contributed by atoms with van der Waals surface area (Å²) in [5, 5.41) is 30.2. The van der Waals surface area contributed by atoms with Gasteiger partial charge in [-0.3, -0.25) is 0 Å². The molecule has 0 amide bonds. The summed E-state index contributed by atoms with van der Waals surface area (Å²) in [7, 11) is 0. The molecule has 0 aromatic carbocycles. The Morgan fingerprint density at radius 2 is 1.91 bits per heavy atom. The van der Waals surface area contributed by atoms with Crippen molar-refractivity contribution in [2.75, 3.05) is 0 Å². The summed E-state index contributed by atoms with van der Waals surface area (Å²) in [4.78, 5) is 11.7. The summed E-state index contributed by atoms with van der Waals surface area (Å²) in [5.74, 6) is -0.480. The quantitative estimate of drug-likeness (QED) is 0.466. The molecule has 0 aliphatic carbocycles. The van der Waals surface area contributed by atoms with Crippen molar-refractivity contribution in [1.82, 2.24) is 0 Å². The van der Waals surface area contributed by atoms with E-state index in [9.17, 15) is 20.1 Å². The van der Waals surface area contributed by atoms with Crippen LogP contribution in [0.15, 0.2) is 36.5 Å². The first-order chi connectivity index (χ1) is 10.1. The predicted molar refractivity (Wildman–Crippen MR) is 84.0 cm³/mol. The molecule has 0 aromatic rings. The molecular formula is C17H26O5. The molecule has 0 fully saturated rings. The molecule has 5 atom stereocenters. The summed E-state index contributed by atoms with van der Waals surface area (Å²) in [6.45, 7) is 8.90. The van der Waals surface area contributed by atoms with Crippen molar-refractivity contribution in [2.45, 2.75) is 57.5 Å². The third kappa shape index (κ3) is 5.75. The van der Waals surface area contributed by atoms with E-state index >= 15 is 0 Å². The van der Waals surface area contributed by atoms with E-state index in [-0.39, 0.29) is 17.6 Å². The molecule has 0 bridgehead atoms. The third-order valence-corrected chi connectivity index (χ3v) is 3.98. The Kier molecular flexibility index (Phi) is 6.53. The van der Waals surface area contributed by atoms with Gasteiger partial charge in [0.15, 0.2) is 0 Å². The zero-order valence-corrected chi connectivity index (χ0v) is 13.4. The fourth-order valence-electron chi connectivity index (χ4n) is 2.08. The van der Waals surface area contributed by atoms with Gasteiger partial charge in [-0.15, -0.1) is 0 Å². The van der Waals surface area contributed by atoms with Gasteiger partial charge in [0.2, 0.25) is 0 Å². The summed E-state index contributed by atoms with van der Waals surface area (Å²) >= 11 is 0. The van der Waals surface area contributed by atoms with E-state index < -0.39 is 23.8 Å². The molecule has 1 heterocycles. The number of hydrogen-bond donors (Lipinski definition) is 3. The number of esters is 1. The Balaban J connectivity index is 3.01. The van der Waals surface area contributed by atoms with Gasteiger partial charge < -0.3 is 20.1 Å². The first kappa shape index (κ1) is 18.6. The SMILES string of the molecule is C=C1C(O)CC[C@@H](C)[C@@H](C)OC(=O)/C=C\[C@](C)(O)/C=C/[C@@H]1O. The Morgan fingerprint density at radius 1 is 1.27 bits per heavy atom. The van der Waals surface area contributed by atoms with E-state index in [0.717, 1.165) is 0 Å². The van der Waals surface area contributed by atoms with E-state index in [0.29, 0.717) is 12.8 Å². The molecule has 5 nitrogen and oxygen atoms in total. The van der Waals surface area contributed by atoms with E-state index in [2.05, 4.69) is 6.58 Å². The molecule has 1 unspecified atom stereocenters. The highest BCUT2D eigenvalue weighted by atomic mass is 16.5. The number of carbonyl (C=O) groups is 1. The molecule has 1 aliphatic heterocycles. The highest BCUT2D eigenvalue weighted by molar-refractivity contribution is 5.82. The van der Waals surface area contributed by atoms with Crippen LogP contribution in [0.1, 0.15) is 33.6 Å². The zero-order valence-electron chi connectivity index (χ0n) is 13.4. The first-order valence-electron chi connectivity index (χ1n) is 7.49. The van der Waals surface area contributed by atoms with E-state index in [1.807, 2.05) is 6.92 Å². The molecule has 0 saturated heterocycles. The standard InChI is InChI=1S/C17H26O5/c1-11-5-6-14(18)12(2)15(19)7-9-17(4,21)10-8-16(20)22-13(11)3/h7-11,13-15,18-19,21H,2,5-6H2,1,3-4H3/b9-7+,10-8-/t11-,13-,14?,15+,17-/m1/s1. The van der Waals surface area contributed by atoms with Crippen LogP contribution in [0.3, 0.4) is 0 Å². The summed E-state index contributed by atoms with van der Waals surface area (Å²) in [6, 6.07) is 0. The fraction of sp³-hybridized carbons (Fsp3) is 0.588. The smallest absolute Gasteiger partial charge is 0.330 e. The molecule has 0 spiro atoms. The van der Waals surface area contributed by atoms with Gasteiger partial charge in [-0.2, -0.15) is 0 Å². The zero-order chi connectivity index (χ0) is 16.9. The second kappa shape index (κ2) is 7.72. The maximum Gasteiger partial charge on any atom is 0.330 e.